The van der Waals surface area contributed by atoms with Crippen LogP contribution in [0.5, 0.6) is 0 Å². The molecule has 0 aliphatic rings. The van der Waals surface area contributed by atoms with Crippen molar-refractivity contribution in [2.45, 2.75) is 13.1 Å². The van der Waals surface area contributed by atoms with E-state index in [2.05, 4.69) is 15.3 Å². The van der Waals surface area contributed by atoms with Gasteiger partial charge in [0.05, 0.1) is 17.5 Å². The van der Waals surface area contributed by atoms with Gasteiger partial charge in [0.25, 0.3) is 5.91 Å². The standard InChI is InChI=1S/C20H20F3N3O3/c1-3-26(19(28)15-10-8-14(9-11-15)12-24-29-2)13-18(27)25-17-7-5-4-6-16(17)20(21,22)23/h4-12H,3,13H2,1-2H3,(H,25,27)/b24-12+. The maximum Gasteiger partial charge on any atom is 0.418 e. The first-order valence-electron chi connectivity index (χ1n) is 8.68. The van der Waals surface area contributed by atoms with Crippen LogP contribution < -0.4 is 5.32 Å². The molecule has 0 bridgehead atoms. The molecule has 1 N–H and O–H groups in total. The van der Waals surface area contributed by atoms with E-state index in [0.717, 1.165) is 6.07 Å². The summed E-state index contributed by atoms with van der Waals surface area (Å²) in [5.74, 6) is -1.14. The van der Waals surface area contributed by atoms with Gasteiger partial charge >= 0.3 is 6.18 Å². The predicted molar refractivity (Wildman–Crippen MR) is 103 cm³/mol. The van der Waals surface area contributed by atoms with Crippen LogP contribution in [0.15, 0.2) is 53.7 Å². The van der Waals surface area contributed by atoms with Gasteiger partial charge in [-0.2, -0.15) is 13.2 Å². The van der Waals surface area contributed by atoms with E-state index in [-0.39, 0.29) is 18.8 Å². The molecule has 0 saturated heterocycles. The summed E-state index contributed by atoms with van der Waals surface area (Å²) in [5.41, 5.74) is -0.246. The molecule has 29 heavy (non-hydrogen) atoms. The van der Waals surface area contributed by atoms with Crippen LogP contribution in [-0.2, 0) is 15.8 Å². The average molecular weight is 407 g/mol. The highest BCUT2D eigenvalue weighted by molar-refractivity contribution is 6.00. The number of carbonyl (C=O) groups is 2. The molecule has 0 aliphatic heterocycles. The molecular weight excluding hydrogens is 387 g/mol. The van der Waals surface area contributed by atoms with E-state index < -0.39 is 23.6 Å². The number of amides is 2. The molecule has 0 radical (unpaired) electrons. The molecule has 0 aliphatic carbocycles. The van der Waals surface area contributed by atoms with Gasteiger partial charge in [-0.15, -0.1) is 0 Å². The third-order valence-electron chi connectivity index (χ3n) is 3.97. The van der Waals surface area contributed by atoms with Gasteiger partial charge in [0.15, 0.2) is 0 Å². The van der Waals surface area contributed by atoms with E-state index in [1.807, 2.05) is 0 Å². The number of hydrogen-bond donors (Lipinski definition) is 1. The third kappa shape index (κ3) is 6.06. The number of benzene rings is 2. The van der Waals surface area contributed by atoms with Gasteiger partial charge in [0.1, 0.15) is 13.7 Å². The Hall–Kier alpha value is -3.36. The second-order valence-corrected chi connectivity index (χ2v) is 5.95. The van der Waals surface area contributed by atoms with Crippen LogP contribution in [-0.4, -0.2) is 43.1 Å². The number of likely N-dealkylation sites (N-methyl/N-ethyl adjacent to an activating group) is 1. The Balaban J connectivity index is 2.08. The molecule has 0 heterocycles. The minimum Gasteiger partial charge on any atom is -0.399 e. The normalized spacial score (nSPS) is 11.3. The first-order valence-corrected chi connectivity index (χ1v) is 8.68. The van der Waals surface area contributed by atoms with Gasteiger partial charge < -0.3 is 15.1 Å². The fourth-order valence-corrected chi connectivity index (χ4v) is 2.54. The van der Waals surface area contributed by atoms with Crippen molar-refractivity contribution in [3.05, 3.63) is 65.2 Å². The van der Waals surface area contributed by atoms with Crippen LogP contribution in [0.3, 0.4) is 0 Å². The Bertz CT molecular complexity index is 881. The molecule has 0 fully saturated rings. The molecule has 0 aromatic heterocycles. The number of nitrogens with one attached hydrogen (secondary N) is 1. The van der Waals surface area contributed by atoms with E-state index in [9.17, 15) is 22.8 Å². The lowest BCUT2D eigenvalue weighted by Crippen LogP contribution is -2.38. The van der Waals surface area contributed by atoms with Crippen LogP contribution in [0.1, 0.15) is 28.4 Å². The minimum absolute atomic E-state index is 0.208. The topological polar surface area (TPSA) is 71.0 Å². The number of hydrogen-bond acceptors (Lipinski definition) is 4. The second-order valence-electron chi connectivity index (χ2n) is 5.95. The number of carbonyl (C=O) groups excluding carboxylic acids is 2. The van der Waals surface area contributed by atoms with Gasteiger partial charge in [-0.25, -0.2) is 0 Å². The van der Waals surface area contributed by atoms with Crippen LogP contribution in [0.4, 0.5) is 18.9 Å². The summed E-state index contributed by atoms with van der Waals surface area (Å²) in [6.07, 6.45) is -3.13. The maximum absolute atomic E-state index is 13.1. The van der Waals surface area contributed by atoms with Crippen molar-refractivity contribution in [1.29, 1.82) is 0 Å². The Labute approximate surface area is 166 Å². The quantitative estimate of drug-likeness (QED) is 0.561. The summed E-state index contributed by atoms with van der Waals surface area (Å²) in [7, 11) is 1.41. The highest BCUT2D eigenvalue weighted by Gasteiger charge is 2.33. The molecule has 2 aromatic rings. The SMILES string of the molecule is CCN(CC(=O)Nc1ccccc1C(F)(F)F)C(=O)c1ccc(/C=N/OC)cc1. The van der Waals surface area contributed by atoms with Crippen LogP contribution in [0.2, 0.25) is 0 Å². The average Bonchev–Trinajstić information content (AvgIpc) is 2.70. The van der Waals surface area contributed by atoms with Crippen molar-refractivity contribution in [3.63, 3.8) is 0 Å². The Kier molecular flexibility index (Phi) is 7.35. The Morgan fingerprint density at radius 1 is 1.14 bits per heavy atom. The predicted octanol–water partition coefficient (Wildman–Crippen LogP) is 3.79. The summed E-state index contributed by atoms with van der Waals surface area (Å²) in [5, 5.41) is 5.85. The number of rotatable bonds is 7. The summed E-state index contributed by atoms with van der Waals surface area (Å²) in [6, 6.07) is 11.1. The molecule has 2 aromatic carbocycles. The zero-order valence-electron chi connectivity index (χ0n) is 15.9. The summed E-state index contributed by atoms with van der Waals surface area (Å²) in [4.78, 5) is 30.7. The largest absolute Gasteiger partial charge is 0.418 e. The Morgan fingerprint density at radius 3 is 2.38 bits per heavy atom. The molecule has 0 unspecified atom stereocenters. The van der Waals surface area contributed by atoms with E-state index in [0.29, 0.717) is 11.1 Å². The van der Waals surface area contributed by atoms with E-state index >= 15 is 0 Å². The smallest absolute Gasteiger partial charge is 0.399 e. The molecule has 0 saturated carbocycles. The Morgan fingerprint density at radius 2 is 1.79 bits per heavy atom. The van der Waals surface area contributed by atoms with Gasteiger partial charge in [-0.1, -0.05) is 29.4 Å². The number of para-hydroxylation sites is 1. The molecule has 154 valence electrons. The first kappa shape index (κ1) is 21.9. The number of halogens is 3. The van der Waals surface area contributed by atoms with Gasteiger partial charge in [-0.3, -0.25) is 9.59 Å². The van der Waals surface area contributed by atoms with Crippen molar-refractivity contribution < 1.29 is 27.6 Å². The zero-order chi connectivity index (χ0) is 21.4. The molecule has 9 heteroatoms. The molecule has 2 amide bonds. The number of nitrogens with zero attached hydrogens (tertiary/aromatic N) is 2. The molecule has 0 atom stereocenters. The molecule has 2 rings (SSSR count). The fraction of sp³-hybridized carbons (Fsp3) is 0.250. The van der Waals surface area contributed by atoms with E-state index in [1.54, 1.807) is 31.2 Å². The lowest BCUT2D eigenvalue weighted by atomic mass is 10.1. The molecule has 6 nitrogen and oxygen atoms in total. The van der Waals surface area contributed by atoms with Gasteiger partial charge in [0.2, 0.25) is 5.91 Å². The van der Waals surface area contributed by atoms with Crippen molar-refractivity contribution in [1.82, 2.24) is 4.90 Å². The lowest BCUT2D eigenvalue weighted by Gasteiger charge is -2.21. The van der Waals surface area contributed by atoms with Crippen LogP contribution >= 0.6 is 0 Å². The summed E-state index contributed by atoms with van der Waals surface area (Å²) < 4.78 is 39.2. The summed E-state index contributed by atoms with van der Waals surface area (Å²) >= 11 is 0. The maximum atomic E-state index is 13.1. The van der Waals surface area contributed by atoms with Gasteiger partial charge in [0, 0.05) is 12.1 Å². The van der Waals surface area contributed by atoms with Crippen molar-refractivity contribution in [3.8, 4) is 0 Å². The molecule has 0 spiro atoms. The van der Waals surface area contributed by atoms with E-state index in [4.69, 9.17) is 0 Å². The highest BCUT2D eigenvalue weighted by atomic mass is 19.4. The monoisotopic (exact) mass is 407 g/mol. The zero-order valence-corrected chi connectivity index (χ0v) is 15.9. The van der Waals surface area contributed by atoms with Crippen molar-refractivity contribution in [2.24, 2.45) is 5.16 Å². The van der Waals surface area contributed by atoms with Crippen molar-refractivity contribution in [2.75, 3.05) is 25.5 Å². The first-order chi connectivity index (χ1) is 13.8. The summed E-state index contributed by atoms with van der Waals surface area (Å²) in [6.45, 7) is 1.50. The third-order valence-corrected chi connectivity index (χ3v) is 3.97. The van der Waals surface area contributed by atoms with Crippen molar-refractivity contribution >= 4 is 23.7 Å². The van der Waals surface area contributed by atoms with Crippen LogP contribution in [0.25, 0.3) is 0 Å². The fourth-order valence-electron chi connectivity index (χ4n) is 2.54. The van der Waals surface area contributed by atoms with Gasteiger partial charge in [-0.05, 0) is 36.8 Å². The van der Waals surface area contributed by atoms with Crippen LogP contribution in [0, 0.1) is 0 Å². The second kappa shape index (κ2) is 9.72. The molecular formula is C20H20F3N3O3. The lowest BCUT2D eigenvalue weighted by molar-refractivity contribution is -0.137. The number of oxime groups is 1. The number of anilines is 1. The minimum atomic E-state index is -4.60. The highest BCUT2D eigenvalue weighted by Crippen LogP contribution is 2.34. The van der Waals surface area contributed by atoms with E-state index in [1.165, 1.54) is 36.4 Å². The number of alkyl halides is 3.